The van der Waals surface area contributed by atoms with Crippen LogP contribution >= 0.6 is 0 Å². The Kier molecular flexibility index (Phi) is 1.73. The van der Waals surface area contributed by atoms with Crippen LogP contribution in [-0.4, -0.2) is 22.2 Å². The van der Waals surface area contributed by atoms with Gasteiger partial charge in [-0.25, -0.2) is 4.79 Å². The first-order chi connectivity index (χ1) is 6.27. The van der Waals surface area contributed by atoms with Crippen LogP contribution in [-0.2, 0) is 9.53 Å². The van der Waals surface area contributed by atoms with Gasteiger partial charge in [0, 0.05) is 11.4 Å². The Hall–Kier alpha value is -1.84. The maximum Gasteiger partial charge on any atom is 0.349 e. The first-order valence-corrected chi connectivity index (χ1v) is 3.79. The lowest BCUT2D eigenvalue weighted by molar-refractivity contribution is -0.142. The van der Waals surface area contributed by atoms with E-state index in [9.17, 15) is 4.79 Å². The molecule has 0 saturated carbocycles. The predicted octanol–water partition coefficient (Wildman–Crippen LogP) is -0.917. The molecule has 0 saturated heterocycles. The Morgan fingerprint density at radius 1 is 1.62 bits per heavy atom. The van der Waals surface area contributed by atoms with Gasteiger partial charge in [-0.2, -0.15) is 0 Å². The fraction of sp³-hybridized carbons (Fsp3) is 0.111. The highest BCUT2D eigenvalue weighted by atomic mass is 16.5. The smallest absolute Gasteiger partial charge is 0.349 e. The van der Waals surface area contributed by atoms with Crippen molar-refractivity contribution >= 4 is 18.3 Å². The van der Waals surface area contributed by atoms with E-state index in [-0.39, 0.29) is 0 Å². The average Bonchev–Trinajstić information content (AvgIpc) is 2.17. The summed E-state index contributed by atoms with van der Waals surface area (Å²) in [6.07, 6.45) is 3.64. The molecule has 0 bridgehead atoms. The molecule has 2 heterocycles. The highest BCUT2D eigenvalue weighted by Gasteiger charge is 2.16. The first-order valence-electron chi connectivity index (χ1n) is 3.79. The Labute approximate surface area is 73.8 Å². The van der Waals surface area contributed by atoms with Gasteiger partial charge in [0.25, 0.3) is 0 Å². The highest BCUT2D eigenvalue weighted by Crippen LogP contribution is 1.96. The predicted molar refractivity (Wildman–Crippen MR) is 44.9 cm³/mol. The number of ether oxygens (including phenoxy) is 1. The van der Waals surface area contributed by atoms with Crippen LogP contribution in [0, 0.1) is 0 Å². The Bertz CT molecular complexity index is 452. The monoisotopic (exact) mass is 177 g/mol. The average molecular weight is 177 g/mol. The van der Waals surface area contributed by atoms with Crippen molar-refractivity contribution in [2.75, 3.05) is 0 Å². The molecule has 4 nitrogen and oxygen atoms in total. The van der Waals surface area contributed by atoms with Crippen molar-refractivity contribution < 1.29 is 14.6 Å². The zero-order valence-electron chi connectivity index (χ0n) is 6.68. The number of carboxylic acid groups (broad SMARTS) is 1. The number of hydrogen-bond acceptors (Lipinski definition) is 3. The maximum atomic E-state index is 10.6. The van der Waals surface area contributed by atoms with E-state index in [1.807, 2.05) is 0 Å². The number of nitrogens with zero attached hydrogens (tertiary/aromatic N) is 1. The summed E-state index contributed by atoms with van der Waals surface area (Å²) in [5.41, 5.74) is 0. The molecule has 2 rings (SSSR count). The molecule has 66 valence electrons. The molecule has 0 radical (unpaired) electrons. The van der Waals surface area contributed by atoms with E-state index in [0.717, 1.165) is 5.22 Å². The minimum atomic E-state index is -0.995. The van der Waals surface area contributed by atoms with Crippen molar-refractivity contribution in [3.8, 4) is 0 Å². The molecule has 0 spiro atoms. The first kappa shape index (κ1) is 7.79. The van der Waals surface area contributed by atoms with Crippen LogP contribution in [0.1, 0.15) is 0 Å². The van der Waals surface area contributed by atoms with E-state index < -0.39 is 12.1 Å². The van der Waals surface area contributed by atoms with Crippen molar-refractivity contribution in [3.63, 3.8) is 0 Å². The number of aliphatic carboxylic acids is 1. The van der Waals surface area contributed by atoms with Gasteiger partial charge in [-0.3, -0.25) is 4.98 Å². The van der Waals surface area contributed by atoms with Crippen molar-refractivity contribution in [1.82, 2.24) is 4.98 Å². The SMILES string of the molecule is O=C(O)C1C=c2cccnc2=CO1. The molecule has 1 unspecified atom stereocenters. The highest BCUT2D eigenvalue weighted by molar-refractivity contribution is 5.80. The van der Waals surface area contributed by atoms with Gasteiger partial charge < -0.3 is 9.84 Å². The topological polar surface area (TPSA) is 59.4 Å². The molecule has 4 heteroatoms. The Morgan fingerprint density at radius 3 is 3.23 bits per heavy atom. The minimum Gasteiger partial charge on any atom is -0.480 e. The lowest BCUT2D eigenvalue weighted by Crippen LogP contribution is -2.36. The summed E-state index contributed by atoms with van der Waals surface area (Å²) in [6, 6.07) is 3.56. The third kappa shape index (κ3) is 1.38. The summed E-state index contributed by atoms with van der Waals surface area (Å²) in [7, 11) is 0. The molecule has 0 aliphatic carbocycles. The van der Waals surface area contributed by atoms with Crippen molar-refractivity contribution in [2.45, 2.75) is 6.10 Å². The quantitative estimate of drug-likeness (QED) is 0.603. The van der Waals surface area contributed by atoms with E-state index >= 15 is 0 Å². The van der Waals surface area contributed by atoms with E-state index in [4.69, 9.17) is 9.84 Å². The van der Waals surface area contributed by atoms with Gasteiger partial charge in [0.05, 0.1) is 0 Å². The van der Waals surface area contributed by atoms with Crippen LogP contribution in [0.4, 0.5) is 0 Å². The molecular formula is C9H7NO3. The van der Waals surface area contributed by atoms with Gasteiger partial charge in [-0.05, 0) is 12.1 Å². The van der Waals surface area contributed by atoms with Crippen LogP contribution in [0.5, 0.6) is 0 Å². The van der Waals surface area contributed by atoms with Crippen LogP contribution in [0.2, 0.25) is 0 Å². The molecule has 1 aromatic heterocycles. The van der Waals surface area contributed by atoms with Gasteiger partial charge in [0.2, 0.25) is 6.10 Å². The van der Waals surface area contributed by atoms with E-state index in [1.165, 1.54) is 12.3 Å². The minimum absolute atomic E-state index is 0.667. The van der Waals surface area contributed by atoms with Gasteiger partial charge >= 0.3 is 5.97 Å². The van der Waals surface area contributed by atoms with E-state index in [2.05, 4.69) is 4.98 Å². The number of fused-ring (bicyclic) bond motifs is 1. The molecule has 1 aromatic rings. The summed E-state index contributed by atoms with van der Waals surface area (Å²) >= 11 is 0. The molecular weight excluding hydrogens is 170 g/mol. The van der Waals surface area contributed by atoms with E-state index in [1.54, 1.807) is 18.3 Å². The molecule has 13 heavy (non-hydrogen) atoms. The van der Waals surface area contributed by atoms with Crippen molar-refractivity contribution in [2.24, 2.45) is 0 Å². The lowest BCUT2D eigenvalue weighted by Gasteiger charge is -2.10. The normalized spacial score (nSPS) is 18.9. The van der Waals surface area contributed by atoms with E-state index in [0.29, 0.717) is 5.35 Å². The van der Waals surface area contributed by atoms with Crippen LogP contribution in [0.25, 0.3) is 12.3 Å². The summed E-state index contributed by atoms with van der Waals surface area (Å²) in [6.45, 7) is 0. The largest absolute Gasteiger partial charge is 0.480 e. The second-order valence-corrected chi connectivity index (χ2v) is 2.66. The molecule has 0 aromatic carbocycles. The zero-order valence-corrected chi connectivity index (χ0v) is 6.68. The fourth-order valence-electron chi connectivity index (χ4n) is 1.14. The third-order valence-electron chi connectivity index (χ3n) is 1.77. The van der Waals surface area contributed by atoms with Gasteiger partial charge in [0.1, 0.15) is 11.6 Å². The van der Waals surface area contributed by atoms with Crippen LogP contribution < -0.4 is 10.6 Å². The number of aromatic nitrogens is 1. The number of rotatable bonds is 1. The molecule has 1 N–H and O–H groups in total. The fourth-order valence-corrected chi connectivity index (χ4v) is 1.14. The second-order valence-electron chi connectivity index (χ2n) is 2.66. The Morgan fingerprint density at radius 2 is 2.46 bits per heavy atom. The molecule has 1 aliphatic heterocycles. The second kappa shape index (κ2) is 2.90. The summed E-state index contributed by atoms with van der Waals surface area (Å²) in [4.78, 5) is 14.6. The standard InChI is InChI=1S/C9H7NO3/c11-9(12)8-4-6-2-1-3-10-7(6)5-13-8/h1-5,8H,(H,11,12). The van der Waals surface area contributed by atoms with Crippen molar-refractivity contribution in [3.05, 3.63) is 28.9 Å². The summed E-state index contributed by atoms with van der Waals surface area (Å²) in [5, 5.41) is 10.1. The van der Waals surface area contributed by atoms with Gasteiger partial charge in [-0.1, -0.05) is 6.07 Å². The zero-order chi connectivity index (χ0) is 9.26. The number of pyridine rings is 1. The molecule has 0 amide bonds. The maximum absolute atomic E-state index is 10.6. The summed E-state index contributed by atoms with van der Waals surface area (Å²) < 4.78 is 4.92. The summed E-state index contributed by atoms with van der Waals surface area (Å²) in [5.74, 6) is -0.995. The number of carbonyl (C=O) groups is 1. The van der Waals surface area contributed by atoms with Gasteiger partial charge in [-0.15, -0.1) is 0 Å². The molecule has 1 aliphatic rings. The number of carboxylic acids is 1. The third-order valence-corrected chi connectivity index (χ3v) is 1.77. The van der Waals surface area contributed by atoms with Gasteiger partial charge in [0.15, 0.2) is 0 Å². The molecule has 0 fully saturated rings. The van der Waals surface area contributed by atoms with Crippen LogP contribution in [0.15, 0.2) is 18.3 Å². The molecule has 1 atom stereocenters. The van der Waals surface area contributed by atoms with Crippen molar-refractivity contribution in [1.29, 1.82) is 0 Å². The van der Waals surface area contributed by atoms with Crippen LogP contribution in [0.3, 0.4) is 0 Å². The number of hydrogen-bond donors (Lipinski definition) is 1. The Balaban J connectivity index is 2.55. The lowest BCUT2D eigenvalue weighted by atomic mass is 10.2.